The first-order valence-electron chi connectivity index (χ1n) is 6.23. The van der Waals surface area contributed by atoms with Crippen molar-refractivity contribution in [2.24, 2.45) is 0 Å². The third-order valence-corrected chi connectivity index (χ3v) is 4.62. The van der Waals surface area contributed by atoms with E-state index in [2.05, 4.69) is 20.9 Å². The first-order valence-corrected chi connectivity index (χ1v) is 7.90. The number of nitrogens with zero attached hydrogens (tertiary/aromatic N) is 1. The lowest BCUT2D eigenvalue weighted by atomic mass is 10.1. The van der Waals surface area contributed by atoms with Crippen molar-refractivity contribution in [2.45, 2.75) is 0 Å². The molecule has 1 heterocycles. The predicted molar refractivity (Wildman–Crippen MR) is 87.2 cm³/mol. The molecule has 0 N–H and O–H groups in total. The van der Waals surface area contributed by atoms with Crippen molar-refractivity contribution in [3.05, 3.63) is 58.1 Å². The first kappa shape index (κ1) is 14.2. The van der Waals surface area contributed by atoms with E-state index in [0.29, 0.717) is 0 Å². The number of ether oxygens (including phenoxy) is 1. The average Bonchev–Trinajstić information content (AvgIpc) is 2.97. The summed E-state index contributed by atoms with van der Waals surface area (Å²) in [6.07, 6.45) is 0. The number of halogens is 2. The van der Waals surface area contributed by atoms with Gasteiger partial charge in [0.25, 0.3) is 0 Å². The lowest BCUT2D eigenvalue weighted by Gasteiger charge is -2.03. The van der Waals surface area contributed by atoms with E-state index in [-0.39, 0.29) is 11.6 Å². The van der Waals surface area contributed by atoms with E-state index in [1.807, 2.05) is 29.6 Å². The number of hydrogen-bond donors (Lipinski definition) is 0. The normalized spacial score (nSPS) is 10.6. The first-order chi connectivity index (χ1) is 10.2. The topological polar surface area (TPSA) is 22.1 Å². The molecule has 0 atom stereocenters. The molecule has 3 rings (SSSR count). The molecule has 0 fully saturated rings. The van der Waals surface area contributed by atoms with Gasteiger partial charge in [0.15, 0.2) is 11.6 Å². The van der Waals surface area contributed by atoms with Crippen LogP contribution in [0.4, 0.5) is 4.39 Å². The highest BCUT2D eigenvalue weighted by Gasteiger charge is 2.11. The Balaban J connectivity index is 1.99. The smallest absolute Gasteiger partial charge is 0.165 e. The SMILES string of the molecule is COc1ccc(-c2csc(-c3ccccc3Br)n2)cc1F. The fraction of sp³-hybridized carbons (Fsp3) is 0.0625. The third kappa shape index (κ3) is 2.84. The summed E-state index contributed by atoms with van der Waals surface area (Å²) in [4.78, 5) is 4.59. The molecule has 1 aromatic heterocycles. The Bertz CT molecular complexity index is 787. The molecular formula is C16H11BrFNOS. The minimum atomic E-state index is -0.384. The van der Waals surface area contributed by atoms with E-state index in [1.54, 1.807) is 12.1 Å². The van der Waals surface area contributed by atoms with Gasteiger partial charge < -0.3 is 4.74 Å². The number of aromatic nitrogens is 1. The largest absolute Gasteiger partial charge is 0.494 e. The molecule has 0 saturated heterocycles. The van der Waals surface area contributed by atoms with Crippen LogP contribution in [0.1, 0.15) is 0 Å². The van der Waals surface area contributed by atoms with Crippen molar-refractivity contribution < 1.29 is 9.13 Å². The molecule has 0 aliphatic carbocycles. The number of methoxy groups -OCH3 is 1. The summed E-state index contributed by atoms with van der Waals surface area (Å²) in [5.74, 6) is -0.148. The van der Waals surface area contributed by atoms with Crippen molar-refractivity contribution in [1.82, 2.24) is 4.98 Å². The zero-order valence-corrected chi connectivity index (χ0v) is 13.5. The number of rotatable bonds is 3. The van der Waals surface area contributed by atoms with Gasteiger partial charge in [-0.1, -0.05) is 34.1 Å². The summed E-state index contributed by atoms with van der Waals surface area (Å²) < 4.78 is 19.7. The Kier molecular flexibility index (Phi) is 4.03. The van der Waals surface area contributed by atoms with Crippen LogP contribution in [-0.2, 0) is 0 Å². The molecule has 0 bridgehead atoms. The van der Waals surface area contributed by atoms with Crippen molar-refractivity contribution in [3.8, 4) is 27.6 Å². The van der Waals surface area contributed by atoms with Crippen LogP contribution in [0.5, 0.6) is 5.75 Å². The molecule has 5 heteroatoms. The molecule has 0 unspecified atom stereocenters. The van der Waals surface area contributed by atoms with Crippen LogP contribution < -0.4 is 4.74 Å². The number of hydrogen-bond acceptors (Lipinski definition) is 3. The van der Waals surface area contributed by atoms with E-state index < -0.39 is 0 Å². The highest BCUT2D eigenvalue weighted by Crippen LogP contribution is 2.34. The number of benzene rings is 2. The maximum absolute atomic E-state index is 13.8. The van der Waals surface area contributed by atoms with Crippen LogP contribution in [0.2, 0.25) is 0 Å². The van der Waals surface area contributed by atoms with Gasteiger partial charge in [0.2, 0.25) is 0 Å². The summed E-state index contributed by atoms with van der Waals surface area (Å²) in [5, 5.41) is 2.82. The molecular weight excluding hydrogens is 353 g/mol. The van der Waals surface area contributed by atoms with Crippen LogP contribution >= 0.6 is 27.3 Å². The van der Waals surface area contributed by atoms with Gasteiger partial charge in [-0.25, -0.2) is 9.37 Å². The molecule has 2 nitrogen and oxygen atoms in total. The second-order valence-corrected chi connectivity index (χ2v) is 6.08. The van der Waals surface area contributed by atoms with Crippen molar-refractivity contribution in [2.75, 3.05) is 7.11 Å². The fourth-order valence-electron chi connectivity index (χ4n) is 1.99. The van der Waals surface area contributed by atoms with Gasteiger partial charge in [-0.3, -0.25) is 0 Å². The van der Waals surface area contributed by atoms with Gasteiger partial charge in [0.05, 0.1) is 12.8 Å². The summed E-state index contributed by atoms with van der Waals surface area (Å²) in [5.41, 5.74) is 2.53. The molecule has 2 aromatic carbocycles. The summed E-state index contributed by atoms with van der Waals surface area (Å²) >= 11 is 5.05. The Hall–Kier alpha value is -1.72. The fourth-order valence-corrected chi connectivity index (χ4v) is 3.46. The molecule has 0 spiro atoms. The molecule has 21 heavy (non-hydrogen) atoms. The standard InChI is InChI=1S/C16H11BrFNOS/c1-20-15-7-6-10(8-13(15)18)14-9-21-16(19-14)11-4-2-3-5-12(11)17/h2-9H,1H3. The summed E-state index contributed by atoms with van der Waals surface area (Å²) in [6.45, 7) is 0. The van der Waals surface area contributed by atoms with Crippen LogP contribution in [0, 0.1) is 5.82 Å². The van der Waals surface area contributed by atoms with Gasteiger partial charge in [0, 0.05) is 21.0 Å². The van der Waals surface area contributed by atoms with E-state index in [0.717, 1.165) is 26.3 Å². The molecule has 3 aromatic rings. The number of thiazole rings is 1. The summed E-state index contributed by atoms with van der Waals surface area (Å²) in [7, 11) is 1.45. The predicted octanol–water partition coefficient (Wildman–Crippen LogP) is 5.39. The van der Waals surface area contributed by atoms with Gasteiger partial charge >= 0.3 is 0 Å². The van der Waals surface area contributed by atoms with E-state index in [4.69, 9.17) is 4.74 Å². The minimum absolute atomic E-state index is 0.236. The zero-order chi connectivity index (χ0) is 14.8. The van der Waals surface area contributed by atoms with E-state index in [9.17, 15) is 4.39 Å². The lowest BCUT2D eigenvalue weighted by molar-refractivity contribution is 0.386. The maximum Gasteiger partial charge on any atom is 0.165 e. The van der Waals surface area contributed by atoms with E-state index in [1.165, 1.54) is 24.5 Å². The van der Waals surface area contributed by atoms with Crippen LogP contribution in [0.15, 0.2) is 52.3 Å². The average molecular weight is 364 g/mol. The monoisotopic (exact) mass is 363 g/mol. The van der Waals surface area contributed by atoms with Crippen molar-refractivity contribution in [1.29, 1.82) is 0 Å². The van der Waals surface area contributed by atoms with Gasteiger partial charge in [0.1, 0.15) is 5.01 Å². The van der Waals surface area contributed by atoms with Crippen molar-refractivity contribution >= 4 is 27.3 Å². The zero-order valence-electron chi connectivity index (χ0n) is 11.1. The van der Waals surface area contributed by atoms with Gasteiger partial charge in [-0.15, -0.1) is 11.3 Å². The highest BCUT2D eigenvalue weighted by molar-refractivity contribution is 9.10. The third-order valence-electron chi connectivity index (χ3n) is 3.06. The molecule has 0 amide bonds. The molecule has 0 aliphatic rings. The highest BCUT2D eigenvalue weighted by atomic mass is 79.9. The quantitative estimate of drug-likeness (QED) is 0.622. The second-order valence-electron chi connectivity index (χ2n) is 4.37. The molecule has 0 aliphatic heterocycles. The Morgan fingerprint density at radius 1 is 1.19 bits per heavy atom. The lowest BCUT2D eigenvalue weighted by Crippen LogP contribution is -1.88. The summed E-state index contributed by atoms with van der Waals surface area (Å²) in [6, 6.07) is 12.8. The van der Waals surface area contributed by atoms with Crippen LogP contribution in [-0.4, -0.2) is 12.1 Å². The van der Waals surface area contributed by atoms with Crippen LogP contribution in [0.3, 0.4) is 0 Å². The molecule has 106 valence electrons. The van der Waals surface area contributed by atoms with Crippen molar-refractivity contribution in [3.63, 3.8) is 0 Å². The molecule has 0 radical (unpaired) electrons. The van der Waals surface area contributed by atoms with Crippen LogP contribution in [0.25, 0.3) is 21.8 Å². The Labute approximate surface area is 134 Å². The van der Waals surface area contributed by atoms with E-state index >= 15 is 0 Å². The minimum Gasteiger partial charge on any atom is -0.494 e. The maximum atomic E-state index is 13.8. The molecule has 0 saturated carbocycles. The second kappa shape index (κ2) is 5.95. The Morgan fingerprint density at radius 2 is 2.00 bits per heavy atom. The van der Waals surface area contributed by atoms with Gasteiger partial charge in [-0.05, 0) is 24.3 Å². The Morgan fingerprint density at radius 3 is 2.71 bits per heavy atom. The van der Waals surface area contributed by atoms with Gasteiger partial charge in [-0.2, -0.15) is 0 Å².